The van der Waals surface area contributed by atoms with E-state index in [2.05, 4.69) is 63.4 Å². The summed E-state index contributed by atoms with van der Waals surface area (Å²) in [6.07, 6.45) is 3.26. The van der Waals surface area contributed by atoms with Gasteiger partial charge in [0.15, 0.2) is 0 Å². The van der Waals surface area contributed by atoms with Crippen molar-refractivity contribution in [2.24, 2.45) is 5.92 Å². The van der Waals surface area contributed by atoms with Gasteiger partial charge < -0.3 is 19.9 Å². The fourth-order valence-electron chi connectivity index (χ4n) is 5.19. The number of methoxy groups -OCH3 is 1. The number of anilines is 2. The Kier molecular flexibility index (Phi) is 6.39. The van der Waals surface area contributed by atoms with Crippen LogP contribution in [0.4, 0.5) is 11.4 Å². The van der Waals surface area contributed by atoms with E-state index in [1.807, 2.05) is 24.3 Å². The summed E-state index contributed by atoms with van der Waals surface area (Å²) in [5.41, 5.74) is 5.88. The van der Waals surface area contributed by atoms with Crippen molar-refractivity contribution in [3.05, 3.63) is 83.7 Å². The fourth-order valence-corrected chi connectivity index (χ4v) is 5.19. The molecule has 2 atom stereocenters. The molecule has 6 heteroatoms. The van der Waals surface area contributed by atoms with Gasteiger partial charge in [-0.05, 0) is 49.2 Å². The molecule has 2 aliphatic rings. The first-order valence-electron chi connectivity index (χ1n) is 12.0. The number of nitrogens with one attached hydrogen (secondary N) is 1. The van der Waals surface area contributed by atoms with Crippen LogP contribution < -0.4 is 19.9 Å². The minimum absolute atomic E-state index is 0.101. The van der Waals surface area contributed by atoms with Gasteiger partial charge in [-0.2, -0.15) is 0 Å². The number of aromatic nitrogens is 1. The number of rotatable bonds is 6. The second-order valence-corrected chi connectivity index (χ2v) is 9.21. The number of nitrogens with zero attached hydrogens (tertiary/aromatic N) is 3. The Labute approximate surface area is 201 Å². The van der Waals surface area contributed by atoms with Crippen LogP contribution in [0.5, 0.6) is 5.75 Å². The fraction of sp³-hybridized carbons (Fsp3) is 0.357. The first kappa shape index (κ1) is 22.3. The summed E-state index contributed by atoms with van der Waals surface area (Å²) in [6.45, 7) is 5.31. The zero-order valence-electron chi connectivity index (χ0n) is 19.9. The quantitative estimate of drug-likeness (QED) is 0.614. The smallest absolute Gasteiger partial charge is 0.225 e. The summed E-state index contributed by atoms with van der Waals surface area (Å²) in [5.74, 6) is 0.868. The number of carbonyl (C=O) groups excluding carboxylic acids is 1. The first-order chi connectivity index (χ1) is 16.6. The maximum atomic E-state index is 13.5. The van der Waals surface area contributed by atoms with E-state index in [1.54, 1.807) is 13.3 Å². The van der Waals surface area contributed by atoms with Gasteiger partial charge in [0, 0.05) is 61.9 Å². The number of hydrogen-bond acceptors (Lipinski definition) is 5. The third kappa shape index (κ3) is 4.58. The van der Waals surface area contributed by atoms with Gasteiger partial charge in [-0.3, -0.25) is 9.78 Å². The SMILES string of the molecule is COc1ccc2c(c1)N1CCN(c3ccc(C)cc3)C[C@@H]1[C@H](C(=O)NCCc1ccccn1)C2. The Morgan fingerprint density at radius 1 is 1.12 bits per heavy atom. The minimum atomic E-state index is -0.113. The summed E-state index contributed by atoms with van der Waals surface area (Å²) in [4.78, 5) is 22.7. The zero-order valence-corrected chi connectivity index (χ0v) is 19.9. The molecule has 2 aromatic carbocycles. The molecular formula is C28H32N4O2. The zero-order chi connectivity index (χ0) is 23.5. The lowest BCUT2D eigenvalue weighted by atomic mass is 9.83. The van der Waals surface area contributed by atoms with Crippen LogP contribution >= 0.6 is 0 Å². The molecule has 176 valence electrons. The number of aryl methyl sites for hydroxylation is 1. The predicted molar refractivity (Wildman–Crippen MR) is 136 cm³/mol. The maximum Gasteiger partial charge on any atom is 0.225 e. The number of carbonyl (C=O) groups is 1. The van der Waals surface area contributed by atoms with Crippen LogP contribution in [-0.4, -0.2) is 50.2 Å². The predicted octanol–water partition coefficient (Wildman–Crippen LogP) is 3.63. The molecule has 6 nitrogen and oxygen atoms in total. The minimum Gasteiger partial charge on any atom is -0.497 e. The summed E-state index contributed by atoms with van der Waals surface area (Å²) < 4.78 is 5.51. The highest BCUT2D eigenvalue weighted by atomic mass is 16.5. The molecule has 0 bridgehead atoms. The van der Waals surface area contributed by atoms with Crippen LogP contribution in [0.25, 0.3) is 0 Å². The van der Waals surface area contributed by atoms with Gasteiger partial charge in [0.1, 0.15) is 5.75 Å². The molecule has 0 saturated carbocycles. The first-order valence-corrected chi connectivity index (χ1v) is 12.0. The third-order valence-electron chi connectivity index (χ3n) is 7.07. The molecule has 1 fully saturated rings. The van der Waals surface area contributed by atoms with Crippen molar-refractivity contribution in [3.63, 3.8) is 0 Å². The number of piperazine rings is 1. The number of fused-ring (bicyclic) bond motifs is 3. The highest BCUT2D eigenvalue weighted by Gasteiger charge is 2.41. The summed E-state index contributed by atoms with van der Waals surface area (Å²) >= 11 is 0. The topological polar surface area (TPSA) is 57.7 Å². The Morgan fingerprint density at radius 3 is 2.74 bits per heavy atom. The molecular weight excluding hydrogens is 424 g/mol. The van der Waals surface area contributed by atoms with Crippen LogP contribution in [0.2, 0.25) is 0 Å². The molecule has 0 unspecified atom stereocenters. The molecule has 1 aromatic heterocycles. The Balaban J connectivity index is 1.37. The molecule has 3 aromatic rings. The van der Waals surface area contributed by atoms with Gasteiger partial charge in [0.05, 0.1) is 19.1 Å². The van der Waals surface area contributed by atoms with Crippen LogP contribution in [0.1, 0.15) is 16.8 Å². The largest absolute Gasteiger partial charge is 0.497 e. The summed E-state index contributed by atoms with van der Waals surface area (Å²) in [6, 6.07) is 20.9. The Morgan fingerprint density at radius 2 is 1.97 bits per heavy atom. The summed E-state index contributed by atoms with van der Waals surface area (Å²) in [7, 11) is 1.70. The van der Waals surface area contributed by atoms with Gasteiger partial charge in [-0.1, -0.05) is 29.8 Å². The van der Waals surface area contributed by atoms with Crippen LogP contribution in [0.15, 0.2) is 66.9 Å². The lowest BCUT2D eigenvalue weighted by Crippen LogP contribution is -2.61. The normalized spacial score (nSPS) is 19.2. The van der Waals surface area contributed by atoms with Gasteiger partial charge in [-0.15, -0.1) is 0 Å². The van der Waals surface area contributed by atoms with Gasteiger partial charge in [-0.25, -0.2) is 0 Å². The molecule has 1 amide bonds. The van der Waals surface area contributed by atoms with Gasteiger partial charge in [0.2, 0.25) is 5.91 Å². The number of amides is 1. The van der Waals surface area contributed by atoms with Crippen LogP contribution in [-0.2, 0) is 17.6 Å². The lowest BCUT2D eigenvalue weighted by Gasteiger charge is -2.49. The average Bonchev–Trinajstić information content (AvgIpc) is 2.88. The van der Waals surface area contributed by atoms with E-state index in [9.17, 15) is 4.79 Å². The van der Waals surface area contributed by atoms with E-state index in [4.69, 9.17) is 4.74 Å². The molecule has 2 aliphatic heterocycles. The van der Waals surface area contributed by atoms with Crippen molar-refractivity contribution in [1.29, 1.82) is 0 Å². The number of benzene rings is 2. The Hall–Kier alpha value is -3.54. The van der Waals surface area contributed by atoms with Crippen molar-refractivity contribution in [2.75, 3.05) is 43.1 Å². The van der Waals surface area contributed by atoms with Crippen molar-refractivity contribution >= 4 is 17.3 Å². The molecule has 5 rings (SSSR count). The molecule has 0 radical (unpaired) electrons. The van der Waals surface area contributed by atoms with Crippen molar-refractivity contribution in [3.8, 4) is 5.75 Å². The van der Waals surface area contributed by atoms with Crippen LogP contribution in [0.3, 0.4) is 0 Å². The molecule has 34 heavy (non-hydrogen) atoms. The molecule has 0 spiro atoms. The van der Waals surface area contributed by atoms with Gasteiger partial charge >= 0.3 is 0 Å². The number of hydrogen-bond donors (Lipinski definition) is 1. The molecule has 1 N–H and O–H groups in total. The monoisotopic (exact) mass is 456 g/mol. The maximum absolute atomic E-state index is 13.5. The lowest BCUT2D eigenvalue weighted by molar-refractivity contribution is -0.125. The van der Waals surface area contributed by atoms with E-state index in [0.29, 0.717) is 6.54 Å². The number of ether oxygens (including phenoxy) is 1. The second kappa shape index (κ2) is 9.75. The second-order valence-electron chi connectivity index (χ2n) is 9.21. The van der Waals surface area contributed by atoms with Gasteiger partial charge in [0.25, 0.3) is 0 Å². The van der Waals surface area contributed by atoms with E-state index in [0.717, 1.165) is 43.9 Å². The highest BCUT2D eigenvalue weighted by molar-refractivity contribution is 5.82. The van der Waals surface area contributed by atoms with E-state index in [-0.39, 0.29) is 17.9 Å². The standard InChI is InChI=1S/C28H32N4O2/c1-20-6-9-23(10-7-20)31-15-16-32-26-18-24(34-2)11-8-21(26)17-25(27(32)19-31)28(33)30-14-12-22-5-3-4-13-29-22/h3-11,13,18,25,27H,12,14-17,19H2,1-2H3,(H,30,33)/t25-,27-/m1/s1. The molecule has 3 heterocycles. The summed E-state index contributed by atoms with van der Waals surface area (Å²) in [5, 5.41) is 3.20. The van der Waals surface area contributed by atoms with Crippen LogP contribution in [0, 0.1) is 12.8 Å². The number of pyridine rings is 1. The average molecular weight is 457 g/mol. The van der Waals surface area contributed by atoms with E-state index < -0.39 is 0 Å². The van der Waals surface area contributed by atoms with E-state index >= 15 is 0 Å². The van der Waals surface area contributed by atoms with Crippen molar-refractivity contribution in [1.82, 2.24) is 10.3 Å². The highest BCUT2D eigenvalue weighted by Crippen LogP contribution is 2.39. The Bertz CT molecular complexity index is 1130. The van der Waals surface area contributed by atoms with Crippen molar-refractivity contribution in [2.45, 2.75) is 25.8 Å². The van der Waals surface area contributed by atoms with E-state index in [1.165, 1.54) is 22.5 Å². The molecule has 0 aliphatic carbocycles. The third-order valence-corrected chi connectivity index (χ3v) is 7.07. The van der Waals surface area contributed by atoms with Crippen molar-refractivity contribution < 1.29 is 9.53 Å². The molecule has 1 saturated heterocycles.